The second-order valence-electron chi connectivity index (χ2n) is 6.67. The summed E-state index contributed by atoms with van der Waals surface area (Å²) >= 11 is 0. The van der Waals surface area contributed by atoms with E-state index < -0.39 is 0 Å². The summed E-state index contributed by atoms with van der Waals surface area (Å²) in [4.78, 5) is 17.0. The zero-order valence-electron chi connectivity index (χ0n) is 14.4. The quantitative estimate of drug-likeness (QED) is 0.761. The molecule has 130 valence electrons. The number of rotatable bonds is 3. The van der Waals surface area contributed by atoms with Crippen LogP contribution in [0.4, 0.5) is 0 Å². The minimum absolute atomic E-state index is 0.116. The molecule has 0 atom stereocenters. The molecule has 0 aliphatic heterocycles. The lowest BCUT2D eigenvalue weighted by Gasteiger charge is -2.22. The van der Waals surface area contributed by atoms with Crippen LogP contribution in [-0.4, -0.2) is 16.9 Å². The Hall–Kier alpha value is -3.13. The molecule has 0 radical (unpaired) electrons. The lowest BCUT2D eigenvalue weighted by atomic mass is 9.95. The average molecular weight is 345 g/mol. The smallest absolute Gasteiger partial charge is 0.251 e. The number of benzene rings is 1. The summed E-state index contributed by atoms with van der Waals surface area (Å²) in [6.07, 6.45) is 8.89. The molecule has 1 aromatic carbocycles. The predicted octanol–water partition coefficient (Wildman–Crippen LogP) is 4.43. The Morgan fingerprint density at radius 1 is 1.19 bits per heavy atom. The van der Waals surface area contributed by atoms with Gasteiger partial charge in [-0.1, -0.05) is 25.3 Å². The molecule has 5 nitrogen and oxygen atoms in total. The summed E-state index contributed by atoms with van der Waals surface area (Å²) in [7, 11) is 0. The normalized spacial score (nSPS) is 14.9. The first-order valence-electron chi connectivity index (χ1n) is 8.94. The van der Waals surface area contributed by atoms with E-state index in [1.807, 2.05) is 6.07 Å². The number of hydrogen-bond donors (Lipinski definition) is 1. The molecule has 2 heterocycles. The molecule has 0 saturated heterocycles. The minimum atomic E-state index is -0.116. The van der Waals surface area contributed by atoms with Gasteiger partial charge in [-0.05, 0) is 37.1 Å². The molecule has 0 bridgehead atoms. The molecular formula is C21H19N3O2. The number of carbonyl (C=O) groups excluding carboxylic acids is 1. The highest BCUT2D eigenvalue weighted by Crippen LogP contribution is 2.30. The van der Waals surface area contributed by atoms with Crippen LogP contribution in [0.3, 0.4) is 0 Å². The number of pyridine rings is 1. The molecular weight excluding hydrogens is 326 g/mol. The molecule has 3 aromatic rings. The van der Waals surface area contributed by atoms with Crippen LogP contribution in [0.15, 0.2) is 47.2 Å². The maximum absolute atomic E-state index is 12.5. The molecule has 1 fully saturated rings. The van der Waals surface area contributed by atoms with Gasteiger partial charge in [0.25, 0.3) is 5.91 Å². The minimum Gasteiger partial charge on any atom is -0.464 e. The van der Waals surface area contributed by atoms with Crippen molar-refractivity contribution in [3.05, 3.63) is 53.9 Å². The van der Waals surface area contributed by atoms with Crippen molar-refractivity contribution >= 4 is 16.9 Å². The molecule has 2 aromatic heterocycles. The second-order valence-corrected chi connectivity index (χ2v) is 6.67. The summed E-state index contributed by atoms with van der Waals surface area (Å²) in [6.45, 7) is 0. The first-order valence-corrected chi connectivity index (χ1v) is 8.94. The lowest BCUT2D eigenvalue weighted by Crippen LogP contribution is -2.36. The Labute approximate surface area is 151 Å². The van der Waals surface area contributed by atoms with Crippen LogP contribution in [0.1, 0.15) is 48.0 Å². The van der Waals surface area contributed by atoms with Crippen LogP contribution in [0.5, 0.6) is 0 Å². The van der Waals surface area contributed by atoms with Gasteiger partial charge in [0.2, 0.25) is 0 Å². The van der Waals surface area contributed by atoms with Gasteiger partial charge in [-0.15, -0.1) is 0 Å². The van der Waals surface area contributed by atoms with Gasteiger partial charge in [-0.2, -0.15) is 5.26 Å². The van der Waals surface area contributed by atoms with Gasteiger partial charge < -0.3 is 9.73 Å². The highest BCUT2D eigenvalue weighted by Gasteiger charge is 2.18. The fourth-order valence-corrected chi connectivity index (χ4v) is 3.61. The van der Waals surface area contributed by atoms with Crippen LogP contribution < -0.4 is 5.32 Å². The largest absolute Gasteiger partial charge is 0.464 e. The highest BCUT2D eigenvalue weighted by molar-refractivity contribution is 5.97. The molecule has 4 rings (SSSR count). The average Bonchev–Trinajstić information content (AvgIpc) is 3.17. The molecule has 1 amide bonds. The van der Waals surface area contributed by atoms with Gasteiger partial charge in [-0.3, -0.25) is 9.78 Å². The van der Waals surface area contributed by atoms with E-state index in [1.165, 1.54) is 6.42 Å². The lowest BCUT2D eigenvalue weighted by molar-refractivity contribution is 0.0927. The monoisotopic (exact) mass is 345 g/mol. The Balaban J connectivity index is 1.65. The topological polar surface area (TPSA) is 78.9 Å². The number of furan rings is 1. The van der Waals surface area contributed by atoms with Crippen molar-refractivity contribution in [3.63, 3.8) is 0 Å². The standard InChI is InChI=1S/C21H19N3O2/c22-13-15-12-14(21(25)24-16-4-2-1-3-5-16)6-7-17(15)20-18-9-11-26-19(18)8-10-23-20/h6-12,16H,1-5H2,(H,24,25). The number of carbonyl (C=O) groups is 1. The third-order valence-electron chi connectivity index (χ3n) is 4.98. The number of fused-ring (bicyclic) bond motifs is 1. The van der Waals surface area contributed by atoms with Crippen molar-refractivity contribution in [3.8, 4) is 17.3 Å². The number of amides is 1. The number of nitrogens with zero attached hydrogens (tertiary/aromatic N) is 2. The summed E-state index contributed by atoms with van der Waals surface area (Å²) in [5, 5.41) is 13.5. The van der Waals surface area contributed by atoms with E-state index in [1.54, 1.807) is 36.7 Å². The van der Waals surface area contributed by atoms with Crippen LogP contribution in [-0.2, 0) is 0 Å². The zero-order chi connectivity index (χ0) is 17.9. The fraction of sp³-hybridized carbons (Fsp3) is 0.286. The Morgan fingerprint density at radius 2 is 2.04 bits per heavy atom. The Bertz CT molecular complexity index is 994. The number of hydrogen-bond acceptors (Lipinski definition) is 4. The summed E-state index contributed by atoms with van der Waals surface area (Å²) in [5.41, 5.74) is 3.05. The Kier molecular flexibility index (Phi) is 4.40. The van der Waals surface area contributed by atoms with Crippen molar-refractivity contribution < 1.29 is 9.21 Å². The first-order chi connectivity index (χ1) is 12.8. The van der Waals surface area contributed by atoms with Crippen molar-refractivity contribution in [1.29, 1.82) is 5.26 Å². The first kappa shape index (κ1) is 16.3. The van der Waals surface area contributed by atoms with E-state index in [9.17, 15) is 10.1 Å². The summed E-state index contributed by atoms with van der Waals surface area (Å²) in [5.74, 6) is -0.116. The van der Waals surface area contributed by atoms with E-state index in [2.05, 4.69) is 16.4 Å². The van der Waals surface area contributed by atoms with Crippen LogP contribution in [0, 0.1) is 11.3 Å². The molecule has 1 saturated carbocycles. The molecule has 1 aliphatic rings. The zero-order valence-corrected chi connectivity index (χ0v) is 14.4. The molecule has 0 unspecified atom stereocenters. The van der Waals surface area contributed by atoms with Crippen molar-refractivity contribution in [2.75, 3.05) is 0 Å². The fourth-order valence-electron chi connectivity index (χ4n) is 3.61. The molecule has 1 aliphatic carbocycles. The van der Waals surface area contributed by atoms with Crippen LogP contribution in [0.2, 0.25) is 0 Å². The molecule has 0 spiro atoms. The maximum Gasteiger partial charge on any atom is 0.251 e. The van der Waals surface area contributed by atoms with E-state index in [4.69, 9.17) is 4.42 Å². The van der Waals surface area contributed by atoms with Gasteiger partial charge in [0.15, 0.2) is 0 Å². The molecule has 5 heteroatoms. The highest BCUT2D eigenvalue weighted by atomic mass is 16.3. The SMILES string of the molecule is N#Cc1cc(C(=O)NC2CCCCC2)ccc1-c1nccc2occc12. The number of aromatic nitrogens is 1. The van der Waals surface area contributed by atoms with Gasteiger partial charge in [-0.25, -0.2) is 0 Å². The van der Waals surface area contributed by atoms with Crippen molar-refractivity contribution in [2.24, 2.45) is 0 Å². The van der Waals surface area contributed by atoms with E-state index in [-0.39, 0.29) is 11.9 Å². The summed E-state index contributed by atoms with van der Waals surface area (Å²) in [6, 6.07) is 11.3. The number of nitriles is 1. The van der Waals surface area contributed by atoms with E-state index in [0.29, 0.717) is 22.4 Å². The van der Waals surface area contributed by atoms with Crippen molar-refractivity contribution in [2.45, 2.75) is 38.1 Å². The predicted molar refractivity (Wildman–Crippen MR) is 98.5 cm³/mol. The number of nitrogens with one attached hydrogen (secondary N) is 1. The summed E-state index contributed by atoms with van der Waals surface area (Å²) < 4.78 is 5.41. The molecule has 1 N–H and O–H groups in total. The van der Waals surface area contributed by atoms with Gasteiger partial charge >= 0.3 is 0 Å². The van der Waals surface area contributed by atoms with E-state index in [0.717, 1.165) is 36.7 Å². The Morgan fingerprint density at radius 3 is 2.85 bits per heavy atom. The third-order valence-corrected chi connectivity index (χ3v) is 4.98. The van der Waals surface area contributed by atoms with Gasteiger partial charge in [0.05, 0.1) is 23.6 Å². The van der Waals surface area contributed by atoms with Gasteiger partial charge in [0, 0.05) is 28.8 Å². The van der Waals surface area contributed by atoms with Crippen molar-refractivity contribution in [1.82, 2.24) is 10.3 Å². The maximum atomic E-state index is 12.5. The van der Waals surface area contributed by atoms with Gasteiger partial charge in [0.1, 0.15) is 5.58 Å². The second kappa shape index (κ2) is 7.01. The molecule has 26 heavy (non-hydrogen) atoms. The van der Waals surface area contributed by atoms with Crippen LogP contribution in [0.25, 0.3) is 22.2 Å². The van der Waals surface area contributed by atoms with Crippen LogP contribution >= 0.6 is 0 Å². The van der Waals surface area contributed by atoms with E-state index >= 15 is 0 Å². The third kappa shape index (κ3) is 3.06.